The van der Waals surface area contributed by atoms with Gasteiger partial charge in [-0.1, -0.05) is 24.3 Å². The molecule has 0 radical (unpaired) electrons. The van der Waals surface area contributed by atoms with E-state index >= 15 is 0 Å². The molecule has 2 N–H and O–H groups in total. The van der Waals surface area contributed by atoms with Crippen molar-refractivity contribution in [3.8, 4) is 0 Å². The van der Waals surface area contributed by atoms with E-state index in [0.29, 0.717) is 5.69 Å². The fraction of sp³-hybridized carbons (Fsp3) is 0.263. The summed E-state index contributed by atoms with van der Waals surface area (Å²) in [6.07, 6.45) is 3.17. The first-order valence-electron chi connectivity index (χ1n) is 7.92. The minimum absolute atomic E-state index is 0.0964. The van der Waals surface area contributed by atoms with Gasteiger partial charge in [-0.25, -0.2) is 4.39 Å². The third-order valence-corrected chi connectivity index (χ3v) is 4.21. The van der Waals surface area contributed by atoms with Crippen molar-refractivity contribution in [2.75, 3.05) is 5.32 Å². The molecule has 0 atom stereocenters. The summed E-state index contributed by atoms with van der Waals surface area (Å²) < 4.78 is 13.8. The molecule has 5 heteroatoms. The Morgan fingerprint density at radius 1 is 1.04 bits per heavy atom. The zero-order valence-corrected chi connectivity index (χ0v) is 13.1. The Bertz CT molecular complexity index is 801. The van der Waals surface area contributed by atoms with Gasteiger partial charge in [0, 0.05) is 5.69 Å². The average molecular weight is 327 g/mol. The highest BCUT2D eigenvalue weighted by atomic mass is 19.1. The number of benzene rings is 2. The Morgan fingerprint density at radius 3 is 2.58 bits per heavy atom. The summed E-state index contributed by atoms with van der Waals surface area (Å²) in [4.78, 5) is 22.8. The van der Waals surface area contributed by atoms with E-state index < -0.39 is 11.8 Å². The number of halogens is 1. The number of carboxylic acid groups (broad SMARTS) is 1. The van der Waals surface area contributed by atoms with Crippen molar-refractivity contribution in [3.05, 3.63) is 64.5 Å². The van der Waals surface area contributed by atoms with Crippen LogP contribution in [0, 0.1) is 5.82 Å². The number of aryl methyl sites for hydroxylation is 2. The largest absolute Gasteiger partial charge is 0.481 e. The third kappa shape index (κ3) is 3.79. The molecular formula is C19H18FNO3. The molecule has 0 heterocycles. The van der Waals surface area contributed by atoms with Gasteiger partial charge < -0.3 is 10.4 Å². The zero-order chi connectivity index (χ0) is 17.1. The molecule has 2 aromatic rings. The van der Waals surface area contributed by atoms with E-state index in [9.17, 15) is 14.0 Å². The second-order valence-corrected chi connectivity index (χ2v) is 6.06. The molecule has 4 nitrogen and oxygen atoms in total. The molecule has 0 spiro atoms. The quantitative estimate of drug-likeness (QED) is 0.887. The lowest BCUT2D eigenvalue weighted by Gasteiger charge is -2.08. The second kappa shape index (κ2) is 6.83. The van der Waals surface area contributed by atoms with Crippen molar-refractivity contribution in [3.63, 3.8) is 0 Å². The molecule has 1 aliphatic rings. The molecule has 0 saturated heterocycles. The van der Waals surface area contributed by atoms with Crippen LogP contribution in [-0.4, -0.2) is 17.0 Å². The number of amides is 1. The number of nitrogens with one attached hydrogen (secondary N) is 1. The SMILES string of the molecule is O=C(O)Cc1ccc(NC(=O)Cc2ccc3c(c2)CCC3)cc1F. The maximum absolute atomic E-state index is 13.8. The molecule has 124 valence electrons. The number of rotatable bonds is 5. The van der Waals surface area contributed by atoms with Crippen LogP contribution in [0.25, 0.3) is 0 Å². The van der Waals surface area contributed by atoms with E-state index in [4.69, 9.17) is 5.11 Å². The Morgan fingerprint density at radius 2 is 1.83 bits per heavy atom. The van der Waals surface area contributed by atoms with E-state index in [0.717, 1.165) is 30.9 Å². The van der Waals surface area contributed by atoms with Gasteiger partial charge in [0.05, 0.1) is 12.8 Å². The summed E-state index contributed by atoms with van der Waals surface area (Å²) in [5.41, 5.74) is 4.03. The number of anilines is 1. The van der Waals surface area contributed by atoms with Gasteiger partial charge in [0.25, 0.3) is 0 Å². The number of hydrogen-bond donors (Lipinski definition) is 2. The Kier molecular flexibility index (Phi) is 4.60. The van der Waals surface area contributed by atoms with E-state index in [2.05, 4.69) is 17.4 Å². The lowest BCUT2D eigenvalue weighted by atomic mass is 10.0. The zero-order valence-electron chi connectivity index (χ0n) is 13.1. The van der Waals surface area contributed by atoms with Crippen LogP contribution in [0.15, 0.2) is 36.4 Å². The molecule has 0 aliphatic heterocycles. The first-order valence-corrected chi connectivity index (χ1v) is 7.92. The van der Waals surface area contributed by atoms with Crippen LogP contribution in [0.2, 0.25) is 0 Å². The number of carbonyl (C=O) groups excluding carboxylic acids is 1. The van der Waals surface area contributed by atoms with E-state index in [1.54, 1.807) is 0 Å². The molecular weight excluding hydrogens is 309 g/mol. The summed E-state index contributed by atoms with van der Waals surface area (Å²) in [6, 6.07) is 10.2. The van der Waals surface area contributed by atoms with E-state index in [1.807, 2.05) is 6.07 Å². The molecule has 0 aromatic heterocycles. The third-order valence-electron chi connectivity index (χ3n) is 4.21. The van der Waals surface area contributed by atoms with Gasteiger partial charge in [-0.05, 0) is 53.6 Å². The number of aliphatic carboxylic acids is 1. The normalized spacial score (nSPS) is 12.7. The first-order chi connectivity index (χ1) is 11.5. The minimum Gasteiger partial charge on any atom is -0.481 e. The maximum atomic E-state index is 13.8. The van der Waals surface area contributed by atoms with Crippen LogP contribution < -0.4 is 5.32 Å². The van der Waals surface area contributed by atoms with Crippen LogP contribution in [0.1, 0.15) is 28.7 Å². The summed E-state index contributed by atoms with van der Waals surface area (Å²) in [5.74, 6) is -1.95. The monoisotopic (exact) mass is 327 g/mol. The van der Waals surface area contributed by atoms with Gasteiger partial charge in [0.2, 0.25) is 5.91 Å². The topological polar surface area (TPSA) is 66.4 Å². The van der Waals surface area contributed by atoms with Crippen molar-refractivity contribution in [1.82, 2.24) is 0 Å². The van der Waals surface area contributed by atoms with Gasteiger partial charge in [0.15, 0.2) is 0 Å². The van der Waals surface area contributed by atoms with Gasteiger partial charge >= 0.3 is 5.97 Å². The minimum atomic E-state index is -1.10. The van der Waals surface area contributed by atoms with E-state index in [-0.39, 0.29) is 24.3 Å². The van der Waals surface area contributed by atoms with Crippen molar-refractivity contribution >= 4 is 17.6 Å². The predicted molar refractivity (Wildman–Crippen MR) is 88.5 cm³/mol. The molecule has 0 unspecified atom stereocenters. The molecule has 1 amide bonds. The van der Waals surface area contributed by atoms with Gasteiger partial charge in [-0.2, -0.15) is 0 Å². The smallest absolute Gasteiger partial charge is 0.307 e. The first kappa shape index (κ1) is 16.2. The summed E-state index contributed by atoms with van der Waals surface area (Å²) in [7, 11) is 0. The number of carbonyl (C=O) groups is 2. The van der Waals surface area contributed by atoms with Crippen molar-refractivity contribution in [2.45, 2.75) is 32.1 Å². The summed E-state index contributed by atoms with van der Waals surface area (Å²) in [5, 5.41) is 11.4. The molecule has 0 bridgehead atoms. The standard InChI is InChI=1S/C19H18FNO3/c20-17-11-16(7-6-15(17)10-19(23)24)21-18(22)9-12-4-5-13-2-1-3-14(13)8-12/h4-8,11H,1-3,9-10H2,(H,21,22)(H,23,24). The van der Waals surface area contributed by atoms with Crippen LogP contribution in [-0.2, 0) is 35.3 Å². The summed E-state index contributed by atoms with van der Waals surface area (Å²) in [6.45, 7) is 0. The van der Waals surface area contributed by atoms with E-state index in [1.165, 1.54) is 23.3 Å². The molecule has 0 fully saturated rings. The highest BCUT2D eigenvalue weighted by Gasteiger charge is 2.13. The lowest BCUT2D eigenvalue weighted by Crippen LogP contribution is -2.15. The van der Waals surface area contributed by atoms with Gasteiger partial charge in [-0.15, -0.1) is 0 Å². The number of fused-ring (bicyclic) bond motifs is 1. The predicted octanol–water partition coefficient (Wildman–Crippen LogP) is 3.12. The second-order valence-electron chi connectivity index (χ2n) is 6.06. The number of carboxylic acids is 1. The maximum Gasteiger partial charge on any atom is 0.307 e. The van der Waals surface area contributed by atoms with Crippen molar-refractivity contribution in [2.24, 2.45) is 0 Å². The molecule has 0 saturated carbocycles. The molecule has 24 heavy (non-hydrogen) atoms. The number of hydrogen-bond acceptors (Lipinski definition) is 2. The van der Waals surface area contributed by atoms with Gasteiger partial charge in [-0.3, -0.25) is 9.59 Å². The lowest BCUT2D eigenvalue weighted by molar-refractivity contribution is -0.136. The average Bonchev–Trinajstić information content (AvgIpc) is 2.97. The summed E-state index contributed by atoms with van der Waals surface area (Å²) >= 11 is 0. The Hall–Kier alpha value is -2.69. The Balaban J connectivity index is 1.64. The van der Waals surface area contributed by atoms with Crippen LogP contribution in [0.3, 0.4) is 0 Å². The van der Waals surface area contributed by atoms with Crippen molar-refractivity contribution < 1.29 is 19.1 Å². The molecule has 2 aromatic carbocycles. The van der Waals surface area contributed by atoms with Gasteiger partial charge in [0.1, 0.15) is 5.82 Å². The fourth-order valence-electron chi connectivity index (χ4n) is 3.06. The fourth-order valence-corrected chi connectivity index (χ4v) is 3.06. The van der Waals surface area contributed by atoms with Crippen LogP contribution in [0.5, 0.6) is 0 Å². The highest BCUT2D eigenvalue weighted by Crippen LogP contribution is 2.23. The molecule has 1 aliphatic carbocycles. The van der Waals surface area contributed by atoms with Crippen LogP contribution >= 0.6 is 0 Å². The van der Waals surface area contributed by atoms with Crippen LogP contribution in [0.4, 0.5) is 10.1 Å². The molecule has 3 rings (SSSR count). The van der Waals surface area contributed by atoms with Crippen molar-refractivity contribution in [1.29, 1.82) is 0 Å². The Labute approximate surface area is 139 Å². The highest BCUT2D eigenvalue weighted by molar-refractivity contribution is 5.92.